The lowest BCUT2D eigenvalue weighted by molar-refractivity contribution is -0.116. The number of aromatic nitrogens is 4. The van der Waals surface area contributed by atoms with Crippen molar-refractivity contribution in [2.75, 3.05) is 5.32 Å². The molecule has 0 fully saturated rings. The van der Waals surface area contributed by atoms with Crippen LogP contribution in [-0.4, -0.2) is 25.5 Å². The summed E-state index contributed by atoms with van der Waals surface area (Å²) in [5.41, 5.74) is 4.63. The number of nitrogens with one attached hydrogen (secondary N) is 1. The van der Waals surface area contributed by atoms with Crippen LogP contribution in [0.1, 0.15) is 36.4 Å². The molecule has 2 aliphatic rings. The molecule has 7 heteroatoms. The summed E-state index contributed by atoms with van der Waals surface area (Å²) in [4.78, 5) is 21.9. The summed E-state index contributed by atoms with van der Waals surface area (Å²) in [6, 6.07) is 21.4. The monoisotopic (exact) mass is 449 g/mol. The molecule has 168 valence electrons. The molecule has 0 saturated carbocycles. The van der Waals surface area contributed by atoms with Gasteiger partial charge in [-0.2, -0.15) is 4.98 Å². The fourth-order valence-electron chi connectivity index (χ4n) is 4.60. The van der Waals surface area contributed by atoms with Crippen molar-refractivity contribution in [3.05, 3.63) is 102 Å². The van der Waals surface area contributed by atoms with Gasteiger partial charge in [0.05, 0.1) is 0 Å². The smallest absolute Gasteiger partial charge is 0.226 e. The van der Waals surface area contributed by atoms with Gasteiger partial charge in [-0.05, 0) is 48.2 Å². The predicted octanol–water partition coefficient (Wildman–Crippen LogP) is 4.94. The zero-order valence-corrected chi connectivity index (χ0v) is 18.5. The van der Waals surface area contributed by atoms with Crippen molar-refractivity contribution in [2.45, 2.75) is 31.9 Å². The van der Waals surface area contributed by atoms with E-state index in [1.165, 1.54) is 0 Å². The Hall–Kier alpha value is -4.26. The van der Waals surface area contributed by atoms with Crippen LogP contribution in [-0.2, 0) is 11.4 Å². The first-order valence-corrected chi connectivity index (χ1v) is 11.4. The number of carbonyl (C=O) groups is 1. The number of nitrogens with zero attached hydrogens (tertiary/aromatic N) is 4. The van der Waals surface area contributed by atoms with Crippen molar-refractivity contribution >= 4 is 11.7 Å². The van der Waals surface area contributed by atoms with Gasteiger partial charge in [0, 0.05) is 35.6 Å². The molecular weight excluding hydrogens is 426 g/mol. The van der Waals surface area contributed by atoms with E-state index in [1.54, 1.807) is 12.4 Å². The molecule has 0 spiro atoms. The number of carbonyl (C=O) groups excluding carboxylic acids is 1. The molecule has 2 aromatic heterocycles. The van der Waals surface area contributed by atoms with Crippen LogP contribution in [0.25, 0.3) is 11.4 Å². The number of pyridine rings is 1. The zero-order valence-electron chi connectivity index (χ0n) is 18.5. The second-order valence-corrected chi connectivity index (χ2v) is 8.48. The summed E-state index contributed by atoms with van der Waals surface area (Å²) in [7, 11) is 0. The summed E-state index contributed by atoms with van der Waals surface area (Å²) in [5.74, 6) is 2.14. The van der Waals surface area contributed by atoms with Gasteiger partial charge < -0.3 is 10.1 Å². The predicted molar refractivity (Wildman–Crippen MR) is 128 cm³/mol. The van der Waals surface area contributed by atoms with Crippen molar-refractivity contribution in [1.29, 1.82) is 0 Å². The molecule has 6 rings (SSSR count). The number of hydrogen-bond donors (Lipinski definition) is 1. The lowest BCUT2D eigenvalue weighted by Gasteiger charge is -2.32. The molecule has 1 atom stereocenters. The molecule has 1 aliphatic heterocycles. The highest BCUT2D eigenvalue weighted by Gasteiger charge is 2.37. The molecule has 1 unspecified atom stereocenters. The molecule has 4 aromatic rings. The number of hydrogen-bond acceptors (Lipinski definition) is 6. The molecule has 0 radical (unpaired) electrons. The quantitative estimate of drug-likeness (QED) is 0.465. The van der Waals surface area contributed by atoms with Crippen LogP contribution >= 0.6 is 0 Å². The first-order chi connectivity index (χ1) is 16.8. The van der Waals surface area contributed by atoms with E-state index in [-0.39, 0.29) is 11.8 Å². The number of Topliss-reactive ketones (excluding diaryl/α,β-unsaturated/α-hetero) is 1. The molecule has 34 heavy (non-hydrogen) atoms. The van der Waals surface area contributed by atoms with Gasteiger partial charge >= 0.3 is 0 Å². The van der Waals surface area contributed by atoms with Crippen LogP contribution in [0.2, 0.25) is 0 Å². The molecule has 0 saturated heterocycles. The van der Waals surface area contributed by atoms with E-state index < -0.39 is 0 Å². The maximum Gasteiger partial charge on any atom is 0.226 e. The number of allylic oxidation sites excluding steroid dienone is 2. The topological polar surface area (TPSA) is 81.9 Å². The van der Waals surface area contributed by atoms with E-state index >= 15 is 0 Å². The molecule has 1 aliphatic carbocycles. The fourth-order valence-corrected chi connectivity index (χ4v) is 4.60. The van der Waals surface area contributed by atoms with Crippen LogP contribution < -0.4 is 10.1 Å². The molecule has 2 aromatic carbocycles. The van der Waals surface area contributed by atoms with Crippen LogP contribution in [0.15, 0.2) is 90.4 Å². The Balaban J connectivity index is 1.40. The Bertz CT molecular complexity index is 1380. The van der Waals surface area contributed by atoms with Crippen LogP contribution in [0.4, 0.5) is 5.95 Å². The SMILES string of the molecule is O=C1CCCC2=C1C(c1cccc(OCc3ccccc3)c1)n1nc(-c3ccncc3)nc1N2. The molecule has 7 nitrogen and oxygen atoms in total. The lowest BCUT2D eigenvalue weighted by atomic mass is 9.85. The first-order valence-electron chi connectivity index (χ1n) is 11.4. The normalized spacial score (nSPS) is 17.1. The van der Waals surface area contributed by atoms with E-state index in [1.807, 2.05) is 71.4 Å². The van der Waals surface area contributed by atoms with Gasteiger partial charge in [0.15, 0.2) is 11.6 Å². The molecule has 3 heterocycles. The van der Waals surface area contributed by atoms with Gasteiger partial charge in [0.2, 0.25) is 5.95 Å². The first kappa shape index (κ1) is 20.4. The van der Waals surface area contributed by atoms with Gasteiger partial charge in [-0.1, -0.05) is 42.5 Å². The highest BCUT2D eigenvalue weighted by atomic mass is 16.5. The van der Waals surface area contributed by atoms with E-state index in [0.717, 1.165) is 46.6 Å². The third-order valence-electron chi connectivity index (χ3n) is 6.23. The Morgan fingerprint density at radius 3 is 2.71 bits per heavy atom. The van der Waals surface area contributed by atoms with E-state index in [0.29, 0.717) is 24.8 Å². The third-order valence-corrected chi connectivity index (χ3v) is 6.23. The van der Waals surface area contributed by atoms with Crippen molar-refractivity contribution in [1.82, 2.24) is 19.7 Å². The minimum absolute atomic E-state index is 0.154. The number of benzene rings is 2. The molecule has 1 N–H and O–H groups in total. The summed E-state index contributed by atoms with van der Waals surface area (Å²) >= 11 is 0. The number of ketones is 1. The lowest BCUT2D eigenvalue weighted by Crippen LogP contribution is -2.31. The Morgan fingerprint density at radius 2 is 1.85 bits per heavy atom. The maximum absolute atomic E-state index is 13.1. The summed E-state index contributed by atoms with van der Waals surface area (Å²) in [6.07, 6.45) is 5.64. The zero-order chi connectivity index (χ0) is 22.9. The second kappa shape index (κ2) is 8.59. The molecule has 0 bridgehead atoms. The third kappa shape index (κ3) is 3.75. The van der Waals surface area contributed by atoms with E-state index in [2.05, 4.69) is 10.3 Å². The number of rotatable bonds is 5. The molecule has 0 amide bonds. The Labute approximate surface area is 197 Å². The van der Waals surface area contributed by atoms with Crippen LogP contribution in [0.5, 0.6) is 5.75 Å². The van der Waals surface area contributed by atoms with Gasteiger partial charge in [-0.25, -0.2) is 4.68 Å². The highest BCUT2D eigenvalue weighted by Crippen LogP contribution is 2.41. The fraction of sp³-hybridized carbons (Fsp3) is 0.185. The Kier molecular flexibility index (Phi) is 5.14. The average molecular weight is 450 g/mol. The van der Waals surface area contributed by atoms with Gasteiger partial charge in [0.25, 0.3) is 0 Å². The average Bonchev–Trinajstić information content (AvgIpc) is 3.31. The minimum atomic E-state index is -0.359. The van der Waals surface area contributed by atoms with Gasteiger partial charge in [-0.3, -0.25) is 9.78 Å². The Morgan fingerprint density at radius 1 is 1.00 bits per heavy atom. The summed E-state index contributed by atoms with van der Waals surface area (Å²) < 4.78 is 7.91. The summed E-state index contributed by atoms with van der Waals surface area (Å²) in [5, 5.41) is 8.20. The van der Waals surface area contributed by atoms with Crippen LogP contribution in [0, 0.1) is 0 Å². The van der Waals surface area contributed by atoms with E-state index in [4.69, 9.17) is 14.8 Å². The number of fused-ring (bicyclic) bond motifs is 1. The standard InChI is InChI=1S/C27H23N5O2/c33-23-11-5-10-22-24(23)25(32-27(29-22)30-26(31-32)19-12-14-28-15-13-19)20-8-4-9-21(16-20)34-17-18-6-2-1-3-7-18/h1-4,6-9,12-16,25H,5,10-11,17H2,(H,29,30,31). The molecular formula is C27H23N5O2. The van der Waals surface area contributed by atoms with Crippen molar-refractivity contribution < 1.29 is 9.53 Å². The minimum Gasteiger partial charge on any atom is -0.489 e. The van der Waals surface area contributed by atoms with Crippen LogP contribution in [0.3, 0.4) is 0 Å². The highest BCUT2D eigenvalue weighted by molar-refractivity contribution is 5.99. The number of anilines is 1. The maximum atomic E-state index is 13.1. The van der Waals surface area contributed by atoms with Gasteiger partial charge in [0.1, 0.15) is 18.4 Å². The van der Waals surface area contributed by atoms with Crippen molar-refractivity contribution in [3.63, 3.8) is 0 Å². The van der Waals surface area contributed by atoms with Gasteiger partial charge in [-0.15, -0.1) is 5.10 Å². The number of ether oxygens (including phenoxy) is 1. The largest absolute Gasteiger partial charge is 0.489 e. The van der Waals surface area contributed by atoms with E-state index in [9.17, 15) is 4.79 Å². The second-order valence-electron chi connectivity index (χ2n) is 8.48. The summed E-state index contributed by atoms with van der Waals surface area (Å²) in [6.45, 7) is 0.476. The van der Waals surface area contributed by atoms with Crippen molar-refractivity contribution in [3.8, 4) is 17.1 Å². The van der Waals surface area contributed by atoms with Crippen molar-refractivity contribution in [2.24, 2.45) is 0 Å².